The molecule has 1 aromatic carbocycles. The minimum absolute atomic E-state index is 0.514. The first-order chi connectivity index (χ1) is 12.2. The lowest BCUT2D eigenvalue weighted by Gasteiger charge is -2.09. The number of allylic oxidation sites excluding steroid dienone is 5. The van der Waals surface area contributed by atoms with Crippen molar-refractivity contribution >= 4 is 0 Å². The molecule has 1 atom stereocenters. The van der Waals surface area contributed by atoms with E-state index < -0.39 is 0 Å². The fourth-order valence-corrected chi connectivity index (χ4v) is 2.85. The third-order valence-corrected chi connectivity index (χ3v) is 4.41. The highest BCUT2D eigenvalue weighted by molar-refractivity contribution is 5.34. The van der Waals surface area contributed by atoms with Gasteiger partial charge in [0.1, 0.15) is 0 Å². The summed E-state index contributed by atoms with van der Waals surface area (Å²) in [5, 5.41) is 3.33. The van der Waals surface area contributed by atoms with Crippen LogP contribution in [0.2, 0.25) is 0 Å². The van der Waals surface area contributed by atoms with Crippen molar-refractivity contribution in [3.05, 3.63) is 71.8 Å². The summed E-state index contributed by atoms with van der Waals surface area (Å²) in [6.45, 7) is 10.4. The number of ether oxygens (including phenoxy) is 1. The van der Waals surface area contributed by atoms with Gasteiger partial charge in [0, 0.05) is 7.11 Å². The van der Waals surface area contributed by atoms with Gasteiger partial charge in [0.15, 0.2) is 0 Å². The minimum atomic E-state index is 0.514. The van der Waals surface area contributed by atoms with E-state index in [1.807, 2.05) is 6.08 Å². The van der Waals surface area contributed by atoms with Crippen molar-refractivity contribution in [2.24, 2.45) is 0 Å². The first-order valence-corrected chi connectivity index (χ1v) is 9.47. The molecule has 1 aliphatic heterocycles. The first kappa shape index (κ1) is 21.4. The van der Waals surface area contributed by atoms with Gasteiger partial charge in [-0.1, -0.05) is 62.1 Å². The van der Waals surface area contributed by atoms with E-state index in [9.17, 15) is 0 Å². The maximum Gasteiger partial charge on any atom is 0.0584 e. The summed E-state index contributed by atoms with van der Waals surface area (Å²) < 4.78 is 5.23. The second-order valence-electron chi connectivity index (χ2n) is 6.43. The largest absolute Gasteiger partial charge is 0.381 e. The van der Waals surface area contributed by atoms with Crippen molar-refractivity contribution < 1.29 is 4.74 Å². The molecule has 0 radical (unpaired) electrons. The van der Waals surface area contributed by atoms with Crippen LogP contribution in [-0.4, -0.2) is 26.3 Å². The van der Waals surface area contributed by atoms with E-state index >= 15 is 0 Å². The standard InChI is InChI=1S/C16H20.C7H15NO/c1-4-6-11-15(9-5-2)13-16-12-8-7-10-14(16)3;1-9-7-3-2-5-8-6-4-7/h5-12H,2,4,13H2,1,3H3;7-8H,2-6H2,1H3/b11-6-,15-9+;. The van der Waals surface area contributed by atoms with Crippen LogP contribution in [0.3, 0.4) is 0 Å². The van der Waals surface area contributed by atoms with E-state index in [1.165, 1.54) is 42.5 Å². The molecule has 1 unspecified atom stereocenters. The molecule has 138 valence electrons. The maximum atomic E-state index is 5.23. The van der Waals surface area contributed by atoms with Crippen molar-refractivity contribution in [3.63, 3.8) is 0 Å². The van der Waals surface area contributed by atoms with Crippen LogP contribution in [-0.2, 0) is 11.2 Å². The Morgan fingerprint density at radius 3 is 2.76 bits per heavy atom. The highest BCUT2D eigenvalue weighted by Crippen LogP contribution is 2.14. The third-order valence-electron chi connectivity index (χ3n) is 4.41. The van der Waals surface area contributed by atoms with Crippen LogP contribution in [0.1, 0.15) is 43.7 Å². The Morgan fingerprint density at radius 2 is 2.08 bits per heavy atom. The van der Waals surface area contributed by atoms with Gasteiger partial charge in [-0.3, -0.25) is 0 Å². The average molecular weight is 342 g/mol. The number of rotatable bonds is 6. The molecule has 0 saturated carbocycles. The SMILES string of the molecule is C=C/C=C(\C=C/CC)Cc1ccccc1C.COC1CCCNCC1. The summed E-state index contributed by atoms with van der Waals surface area (Å²) >= 11 is 0. The quantitative estimate of drug-likeness (QED) is 0.700. The van der Waals surface area contributed by atoms with Gasteiger partial charge in [-0.25, -0.2) is 0 Å². The van der Waals surface area contributed by atoms with Crippen LogP contribution in [0, 0.1) is 6.92 Å². The Hall–Kier alpha value is -1.64. The summed E-state index contributed by atoms with van der Waals surface area (Å²) in [5.74, 6) is 0. The van der Waals surface area contributed by atoms with Gasteiger partial charge >= 0.3 is 0 Å². The molecular weight excluding hydrogens is 306 g/mol. The summed E-state index contributed by atoms with van der Waals surface area (Å²) in [6, 6.07) is 8.52. The molecular formula is C23H35NO. The number of benzene rings is 1. The number of nitrogens with one attached hydrogen (secondary N) is 1. The molecule has 2 heteroatoms. The van der Waals surface area contributed by atoms with Crippen LogP contribution in [0.5, 0.6) is 0 Å². The van der Waals surface area contributed by atoms with E-state index in [-0.39, 0.29) is 0 Å². The number of hydrogen-bond donors (Lipinski definition) is 1. The number of aryl methyl sites for hydroxylation is 1. The lowest BCUT2D eigenvalue weighted by Crippen LogP contribution is -2.16. The van der Waals surface area contributed by atoms with Crippen molar-refractivity contribution in [2.45, 2.75) is 52.1 Å². The van der Waals surface area contributed by atoms with Crippen LogP contribution >= 0.6 is 0 Å². The van der Waals surface area contributed by atoms with Crippen molar-refractivity contribution in [1.82, 2.24) is 5.32 Å². The molecule has 1 fully saturated rings. The van der Waals surface area contributed by atoms with Gasteiger partial charge in [0.2, 0.25) is 0 Å². The highest BCUT2D eigenvalue weighted by Gasteiger charge is 2.08. The smallest absolute Gasteiger partial charge is 0.0584 e. The molecule has 0 spiro atoms. The Balaban J connectivity index is 0.000000293. The van der Waals surface area contributed by atoms with Gasteiger partial charge in [-0.15, -0.1) is 0 Å². The highest BCUT2D eigenvalue weighted by atomic mass is 16.5. The van der Waals surface area contributed by atoms with Crippen LogP contribution in [0.4, 0.5) is 0 Å². The second-order valence-corrected chi connectivity index (χ2v) is 6.43. The van der Waals surface area contributed by atoms with Gasteiger partial charge < -0.3 is 10.1 Å². The average Bonchev–Trinajstić information content (AvgIpc) is 2.91. The van der Waals surface area contributed by atoms with Gasteiger partial charge in [-0.05, 0) is 68.8 Å². The zero-order valence-electron chi connectivity index (χ0n) is 16.3. The minimum Gasteiger partial charge on any atom is -0.381 e. The van der Waals surface area contributed by atoms with E-state index in [1.54, 1.807) is 7.11 Å². The maximum absolute atomic E-state index is 5.23. The van der Waals surface area contributed by atoms with Crippen LogP contribution < -0.4 is 5.32 Å². The first-order valence-electron chi connectivity index (χ1n) is 9.47. The molecule has 2 rings (SSSR count). The molecule has 0 aliphatic carbocycles. The fourth-order valence-electron chi connectivity index (χ4n) is 2.85. The molecule has 1 heterocycles. The molecule has 0 aromatic heterocycles. The van der Waals surface area contributed by atoms with Crippen molar-refractivity contribution in [3.8, 4) is 0 Å². The molecule has 0 bridgehead atoms. The summed E-state index contributed by atoms with van der Waals surface area (Å²) in [7, 11) is 1.80. The Bertz CT molecular complexity index is 537. The monoisotopic (exact) mass is 341 g/mol. The summed E-state index contributed by atoms with van der Waals surface area (Å²) in [5.41, 5.74) is 4.05. The second kappa shape index (κ2) is 13.6. The predicted molar refractivity (Wildman–Crippen MR) is 110 cm³/mol. The van der Waals surface area contributed by atoms with Crippen molar-refractivity contribution in [1.29, 1.82) is 0 Å². The zero-order chi connectivity index (χ0) is 18.3. The third kappa shape index (κ3) is 9.42. The van der Waals surface area contributed by atoms with Crippen LogP contribution in [0.25, 0.3) is 0 Å². The van der Waals surface area contributed by atoms with Crippen molar-refractivity contribution in [2.75, 3.05) is 20.2 Å². The molecule has 1 N–H and O–H groups in total. The molecule has 0 amide bonds. The topological polar surface area (TPSA) is 21.3 Å². The number of hydrogen-bond acceptors (Lipinski definition) is 2. The molecule has 1 aromatic rings. The lowest BCUT2D eigenvalue weighted by molar-refractivity contribution is 0.0928. The van der Waals surface area contributed by atoms with Gasteiger partial charge in [-0.2, -0.15) is 0 Å². The Kier molecular flexibility index (Phi) is 11.7. The molecule has 25 heavy (non-hydrogen) atoms. The van der Waals surface area contributed by atoms with E-state index in [2.05, 4.69) is 68.2 Å². The normalized spacial score (nSPS) is 18.4. The Morgan fingerprint density at radius 1 is 1.28 bits per heavy atom. The fraction of sp³-hybridized carbons (Fsp3) is 0.478. The van der Waals surface area contributed by atoms with E-state index in [0.717, 1.165) is 19.4 Å². The number of methoxy groups -OCH3 is 1. The van der Waals surface area contributed by atoms with Crippen LogP contribution in [0.15, 0.2) is 60.7 Å². The molecule has 1 saturated heterocycles. The summed E-state index contributed by atoms with van der Waals surface area (Å²) in [4.78, 5) is 0. The predicted octanol–water partition coefficient (Wildman–Crippen LogP) is 5.39. The Labute approximate surface area is 154 Å². The zero-order valence-corrected chi connectivity index (χ0v) is 16.3. The lowest BCUT2D eigenvalue weighted by atomic mass is 10.00. The van der Waals surface area contributed by atoms with Gasteiger partial charge in [0.25, 0.3) is 0 Å². The summed E-state index contributed by atoms with van der Waals surface area (Å²) in [6.07, 6.45) is 14.5. The van der Waals surface area contributed by atoms with E-state index in [0.29, 0.717) is 6.10 Å². The molecule has 2 nitrogen and oxygen atoms in total. The van der Waals surface area contributed by atoms with E-state index in [4.69, 9.17) is 4.74 Å². The molecule has 1 aliphatic rings. The van der Waals surface area contributed by atoms with Gasteiger partial charge in [0.05, 0.1) is 6.10 Å².